The molecule has 34 heavy (non-hydrogen) atoms. The Morgan fingerprint density at radius 1 is 0.324 bits per heavy atom. The van der Waals surface area contributed by atoms with Gasteiger partial charge in [0.15, 0.2) is 0 Å². The van der Waals surface area contributed by atoms with Crippen molar-refractivity contribution >= 4 is 49.4 Å². The molecule has 0 aromatic heterocycles. The van der Waals surface area contributed by atoms with Crippen LogP contribution < -0.4 is 4.90 Å². The third kappa shape index (κ3) is 3.70. The van der Waals surface area contributed by atoms with Crippen molar-refractivity contribution in [1.82, 2.24) is 0 Å². The fourth-order valence-corrected chi connectivity index (χ4v) is 4.92. The SMILES string of the molecule is Cc1ccc2cc(N(c3ccc4cc(C)ccc4c3)c3ccc4cc(C)ccc4c3)ccc2c1. The van der Waals surface area contributed by atoms with Crippen LogP contribution in [0, 0.1) is 20.8 Å². The van der Waals surface area contributed by atoms with Crippen LogP contribution in [-0.2, 0) is 0 Å². The summed E-state index contributed by atoms with van der Waals surface area (Å²) in [5, 5.41) is 7.56. The molecule has 0 heterocycles. The second-order valence-corrected chi connectivity index (χ2v) is 9.44. The molecule has 0 aliphatic rings. The van der Waals surface area contributed by atoms with E-state index in [1.807, 2.05) is 0 Å². The Kier molecular flexibility index (Phi) is 4.85. The van der Waals surface area contributed by atoms with E-state index in [0.29, 0.717) is 0 Å². The van der Waals surface area contributed by atoms with Crippen LogP contribution in [0.4, 0.5) is 17.1 Å². The first-order valence-electron chi connectivity index (χ1n) is 11.8. The number of nitrogens with zero attached hydrogens (tertiary/aromatic N) is 1. The predicted octanol–water partition coefficient (Wildman–Crippen LogP) is 9.54. The summed E-state index contributed by atoms with van der Waals surface area (Å²) in [6.45, 7) is 6.44. The van der Waals surface area contributed by atoms with E-state index in [0.717, 1.165) is 17.1 Å². The Labute approximate surface area is 200 Å². The van der Waals surface area contributed by atoms with Gasteiger partial charge < -0.3 is 4.90 Å². The predicted molar refractivity (Wildman–Crippen MR) is 148 cm³/mol. The first-order chi connectivity index (χ1) is 16.5. The molecule has 0 amide bonds. The zero-order chi connectivity index (χ0) is 23.2. The molecule has 0 fully saturated rings. The monoisotopic (exact) mass is 437 g/mol. The Hall–Kier alpha value is -4.10. The Bertz CT molecular complexity index is 1490. The molecular formula is C33H27N. The van der Waals surface area contributed by atoms with E-state index in [1.165, 1.54) is 49.0 Å². The van der Waals surface area contributed by atoms with Gasteiger partial charge in [0.1, 0.15) is 0 Å². The maximum absolute atomic E-state index is 2.37. The molecule has 0 spiro atoms. The molecule has 0 saturated carbocycles. The van der Waals surface area contributed by atoms with Gasteiger partial charge in [-0.3, -0.25) is 0 Å². The average molecular weight is 438 g/mol. The highest BCUT2D eigenvalue weighted by Gasteiger charge is 2.14. The Morgan fingerprint density at radius 2 is 0.588 bits per heavy atom. The Balaban J connectivity index is 1.57. The summed E-state index contributed by atoms with van der Waals surface area (Å²) in [5.74, 6) is 0. The molecule has 0 aliphatic carbocycles. The molecule has 1 heteroatoms. The van der Waals surface area contributed by atoms with E-state index in [4.69, 9.17) is 0 Å². The number of rotatable bonds is 3. The van der Waals surface area contributed by atoms with Crippen molar-refractivity contribution in [2.24, 2.45) is 0 Å². The van der Waals surface area contributed by atoms with Gasteiger partial charge in [-0.1, -0.05) is 89.5 Å². The molecule has 0 N–H and O–H groups in total. The number of anilines is 3. The van der Waals surface area contributed by atoms with Crippen molar-refractivity contribution in [3.8, 4) is 0 Å². The van der Waals surface area contributed by atoms with E-state index in [1.54, 1.807) is 0 Å². The summed E-state index contributed by atoms with van der Waals surface area (Å²) in [6.07, 6.45) is 0. The topological polar surface area (TPSA) is 3.24 Å². The van der Waals surface area contributed by atoms with Gasteiger partial charge in [-0.15, -0.1) is 0 Å². The van der Waals surface area contributed by atoms with Crippen LogP contribution in [0.1, 0.15) is 16.7 Å². The lowest BCUT2D eigenvalue weighted by atomic mass is 10.0. The van der Waals surface area contributed by atoms with Crippen molar-refractivity contribution in [2.45, 2.75) is 20.8 Å². The van der Waals surface area contributed by atoms with Crippen LogP contribution in [0.2, 0.25) is 0 Å². The summed E-state index contributed by atoms with van der Waals surface area (Å²) < 4.78 is 0. The van der Waals surface area contributed by atoms with Crippen molar-refractivity contribution in [3.05, 3.63) is 126 Å². The molecule has 164 valence electrons. The van der Waals surface area contributed by atoms with Crippen LogP contribution >= 0.6 is 0 Å². The molecule has 0 unspecified atom stereocenters. The average Bonchev–Trinajstić information content (AvgIpc) is 2.84. The van der Waals surface area contributed by atoms with Crippen LogP contribution in [-0.4, -0.2) is 0 Å². The van der Waals surface area contributed by atoms with Gasteiger partial charge in [0, 0.05) is 17.1 Å². The van der Waals surface area contributed by atoms with Crippen LogP contribution in [0.5, 0.6) is 0 Å². The molecular weight excluding hydrogens is 410 g/mol. The van der Waals surface area contributed by atoms with Gasteiger partial charge in [-0.2, -0.15) is 0 Å². The molecule has 6 aromatic carbocycles. The largest absolute Gasteiger partial charge is 0.310 e. The minimum Gasteiger partial charge on any atom is -0.310 e. The van der Waals surface area contributed by atoms with Gasteiger partial charge in [-0.25, -0.2) is 0 Å². The van der Waals surface area contributed by atoms with Crippen molar-refractivity contribution < 1.29 is 0 Å². The lowest BCUT2D eigenvalue weighted by molar-refractivity contribution is 1.30. The highest BCUT2D eigenvalue weighted by molar-refractivity contribution is 5.95. The van der Waals surface area contributed by atoms with E-state index >= 15 is 0 Å². The molecule has 0 saturated heterocycles. The summed E-state index contributed by atoms with van der Waals surface area (Å²) in [5.41, 5.74) is 7.34. The normalized spacial score (nSPS) is 11.4. The van der Waals surface area contributed by atoms with Gasteiger partial charge in [0.25, 0.3) is 0 Å². The van der Waals surface area contributed by atoms with E-state index < -0.39 is 0 Å². The molecule has 0 atom stereocenters. The Morgan fingerprint density at radius 3 is 0.912 bits per heavy atom. The van der Waals surface area contributed by atoms with Gasteiger partial charge in [0.05, 0.1) is 0 Å². The molecule has 6 rings (SSSR count). The quantitative estimate of drug-likeness (QED) is 0.266. The number of aryl methyl sites for hydroxylation is 3. The van der Waals surface area contributed by atoms with Crippen molar-refractivity contribution in [2.75, 3.05) is 4.90 Å². The lowest BCUT2D eigenvalue weighted by Gasteiger charge is -2.26. The van der Waals surface area contributed by atoms with Crippen LogP contribution in [0.15, 0.2) is 109 Å². The number of benzene rings is 6. The van der Waals surface area contributed by atoms with Crippen LogP contribution in [0.3, 0.4) is 0 Å². The molecule has 6 aromatic rings. The zero-order valence-electron chi connectivity index (χ0n) is 19.8. The van der Waals surface area contributed by atoms with Crippen molar-refractivity contribution in [1.29, 1.82) is 0 Å². The second kappa shape index (κ2) is 8.04. The maximum Gasteiger partial charge on any atom is 0.0468 e. The summed E-state index contributed by atoms with van der Waals surface area (Å²) >= 11 is 0. The summed E-state index contributed by atoms with van der Waals surface area (Å²) in [6, 6.07) is 40.3. The zero-order valence-corrected chi connectivity index (χ0v) is 19.8. The maximum atomic E-state index is 2.37. The van der Waals surface area contributed by atoms with Crippen molar-refractivity contribution in [3.63, 3.8) is 0 Å². The number of hydrogen-bond donors (Lipinski definition) is 0. The highest BCUT2D eigenvalue weighted by Crippen LogP contribution is 2.38. The minimum absolute atomic E-state index is 1.16. The fraction of sp³-hybridized carbons (Fsp3) is 0.0909. The highest BCUT2D eigenvalue weighted by atomic mass is 15.1. The minimum atomic E-state index is 1.16. The van der Waals surface area contributed by atoms with Crippen LogP contribution in [0.25, 0.3) is 32.3 Å². The summed E-state index contributed by atoms with van der Waals surface area (Å²) in [4.78, 5) is 2.37. The fourth-order valence-electron chi connectivity index (χ4n) is 4.92. The van der Waals surface area contributed by atoms with Gasteiger partial charge in [0.2, 0.25) is 0 Å². The van der Waals surface area contributed by atoms with E-state index in [2.05, 4.69) is 135 Å². The first-order valence-corrected chi connectivity index (χ1v) is 11.8. The summed E-state index contributed by atoms with van der Waals surface area (Å²) in [7, 11) is 0. The molecule has 0 bridgehead atoms. The van der Waals surface area contributed by atoms with Gasteiger partial charge in [-0.05, 0) is 89.5 Å². The smallest absolute Gasteiger partial charge is 0.0468 e. The third-order valence-electron chi connectivity index (χ3n) is 6.71. The van der Waals surface area contributed by atoms with E-state index in [-0.39, 0.29) is 0 Å². The first kappa shape index (κ1) is 20.5. The number of fused-ring (bicyclic) bond motifs is 3. The second-order valence-electron chi connectivity index (χ2n) is 9.44. The molecule has 0 aliphatic heterocycles. The lowest BCUT2D eigenvalue weighted by Crippen LogP contribution is -2.10. The van der Waals surface area contributed by atoms with E-state index in [9.17, 15) is 0 Å². The third-order valence-corrected chi connectivity index (χ3v) is 6.71. The standard InChI is InChI=1S/C33H27N/c1-22-4-7-28-19-31(13-10-25(28)16-22)34(32-14-11-26-17-23(2)5-8-29(26)20-32)33-15-12-27-18-24(3)6-9-30(27)21-33/h4-21H,1-3H3. The molecule has 1 nitrogen and oxygen atoms in total. The van der Waals surface area contributed by atoms with Gasteiger partial charge >= 0.3 is 0 Å². The number of hydrogen-bond acceptors (Lipinski definition) is 1. The molecule has 0 radical (unpaired) electrons.